The lowest BCUT2D eigenvalue weighted by Crippen LogP contribution is -3.11. The maximum Gasteiger partial charge on any atom is 0.255 e. The van der Waals surface area contributed by atoms with Crippen LogP contribution in [0.25, 0.3) is 0 Å². The predicted octanol–water partition coefficient (Wildman–Crippen LogP) is -1.17. The molecule has 1 unspecified atom stereocenters. The zero-order valence-corrected chi connectivity index (χ0v) is 15.2. The standard InChI is InChI=1S/C19H24N2O3.ClH/c1-2-23-17-9-4-3-8-15(17)19(22)20-14-16(18-10-7-13-24-18)21-11-5-6-12-21;/h3-4,7-10,13,16H,2,5-6,11-12,14H2,1H3,(H,20,22);1H. The maximum absolute atomic E-state index is 12.6. The largest absolute Gasteiger partial charge is 1.00 e. The number of ether oxygens (including phenoxy) is 1. The number of hydrogen-bond acceptors (Lipinski definition) is 3. The van der Waals surface area contributed by atoms with Crippen LogP contribution >= 0.6 is 0 Å². The molecule has 0 saturated carbocycles. The average Bonchev–Trinajstić information content (AvgIpc) is 3.30. The van der Waals surface area contributed by atoms with Crippen molar-refractivity contribution in [2.24, 2.45) is 0 Å². The fourth-order valence-electron chi connectivity index (χ4n) is 3.34. The average molecular weight is 365 g/mol. The number of nitrogens with one attached hydrogen (secondary N) is 2. The highest BCUT2D eigenvalue weighted by Crippen LogP contribution is 2.18. The van der Waals surface area contributed by atoms with E-state index in [9.17, 15) is 4.79 Å². The lowest BCUT2D eigenvalue weighted by atomic mass is 10.1. The minimum Gasteiger partial charge on any atom is -1.00 e. The van der Waals surface area contributed by atoms with E-state index in [0.717, 1.165) is 18.8 Å². The van der Waals surface area contributed by atoms with Crippen LogP contribution in [0.3, 0.4) is 0 Å². The molecule has 1 aliphatic rings. The van der Waals surface area contributed by atoms with Gasteiger partial charge in [-0.05, 0) is 31.2 Å². The van der Waals surface area contributed by atoms with Gasteiger partial charge in [-0.3, -0.25) is 4.79 Å². The number of likely N-dealkylation sites (tertiary alicyclic amines) is 1. The quantitative estimate of drug-likeness (QED) is 0.651. The first-order valence-corrected chi connectivity index (χ1v) is 8.67. The van der Waals surface area contributed by atoms with Gasteiger partial charge in [0.05, 0.1) is 38.1 Å². The van der Waals surface area contributed by atoms with Crippen LogP contribution in [-0.4, -0.2) is 32.1 Å². The third-order valence-electron chi connectivity index (χ3n) is 4.52. The van der Waals surface area contributed by atoms with E-state index in [2.05, 4.69) is 5.32 Å². The van der Waals surface area contributed by atoms with Gasteiger partial charge in [-0.1, -0.05) is 12.1 Å². The molecule has 0 aliphatic carbocycles. The highest BCUT2D eigenvalue weighted by Gasteiger charge is 2.30. The Labute approximate surface area is 154 Å². The minimum atomic E-state index is -0.103. The Morgan fingerprint density at radius 3 is 2.68 bits per heavy atom. The molecule has 5 nitrogen and oxygen atoms in total. The second-order valence-corrected chi connectivity index (χ2v) is 6.07. The van der Waals surface area contributed by atoms with Gasteiger partial charge < -0.3 is 31.8 Å². The fourth-order valence-corrected chi connectivity index (χ4v) is 3.34. The Hall–Kier alpha value is -1.98. The summed E-state index contributed by atoms with van der Waals surface area (Å²) in [6.07, 6.45) is 4.16. The molecule has 1 fully saturated rings. The SMILES string of the molecule is CCOc1ccccc1C(=O)NCC(c1ccco1)[NH+]1CCCC1.[Cl-]. The van der Waals surface area contributed by atoms with Crippen LogP contribution in [0.4, 0.5) is 0 Å². The monoisotopic (exact) mass is 364 g/mol. The smallest absolute Gasteiger partial charge is 0.255 e. The lowest BCUT2D eigenvalue weighted by molar-refractivity contribution is -0.919. The van der Waals surface area contributed by atoms with E-state index >= 15 is 0 Å². The molecule has 2 aromatic rings. The topological polar surface area (TPSA) is 55.9 Å². The number of halogens is 1. The summed E-state index contributed by atoms with van der Waals surface area (Å²) in [5, 5.41) is 3.06. The lowest BCUT2D eigenvalue weighted by Gasteiger charge is -2.23. The van der Waals surface area contributed by atoms with E-state index in [1.165, 1.54) is 17.7 Å². The van der Waals surface area contributed by atoms with Crippen molar-refractivity contribution in [1.29, 1.82) is 0 Å². The molecule has 3 rings (SSSR count). The molecule has 1 atom stereocenters. The number of amides is 1. The van der Waals surface area contributed by atoms with Crippen LogP contribution in [0.15, 0.2) is 47.1 Å². The summed E-state index contributed by atoms with van der Waals surface area (Å²) in [7, 11) is 0. The molecule has 0 radical (unpaired) electrons. The number of rotatable bonds is 7. The number of carbonyl (C=O) groups is 1. The van der Waals surface area contributed by atoms with Crippen molar-refractivity contribution in [1.82, 2.24) is 5.32 Å². The van der Waals surface area contributed by atoms with Crippen molar-refractivity contribution in [3.63, 3.8) is 0 Å². The highest BCUT2D eigenvalue weighted by atomic mass is 35.5. The number of carbonyl (C=O) groups excluding carboxylic acids is 1. The molecule has 2 N–H and O–H groups in total. The van der Waals surface area contributed by atoms with Crippen molar-refractivity contribution in [2.75, 3.05) is 26.2 Å². The Balaban J connectivity index is 0.00000225. The van der Waals surface area contributed by atoms with Gasteiger partial charge in [0, 0.05) is 12.8 Å². The van der Waals surface area contributed by atoms with Crippen molar-refractivity contribution in [3.05, 3.63) is 54.0 Å². The minimum absolute atomic E-state index is 0. The van der Waals surface area contributed by atoms with E-state index in [1.54, 1.807) is 12.3 Å². The van der Waals surface area contributed by atoms with Gasteiger partial charge >= 0.3 is 0 Å². The number of furan rings is 1. The van der Waals surface area contributed by atoms with Gasteiger partial charge in [-0.2, -0.15) is 0 Å². The van der Waals surface area contributed by atoms with Crippen LogP contribution in [0.5, 0.6) is 5.75 Å². The molecule has 0 spiro atoms. The van der Waals surface area contributed by atoms with Crippen molar-refractivity contribution < 1.29 is 31.3 Å². The van der Waals surface area contributed by atoms with Crippen molar-refractivity contribution in [2.45, 2.75) is 25.8 Å². The summed E-state index contributed by atoms with van der Waals surface area (Å²) in [6, 6.07) is 11.4. The van der Waals surface area contributed by atoms with Gasteiger partial charge in [-0.15, -0.1) is 0 Å². The summed E-state index contributed by atoms with van der Waals surface area (Å²) >= 11 is 0. The van der Waals surface area contributed by atoms with Crippen LogP contribution in [-0.2, 0) is 0 Å². The van der Waals surface area contributed by atoms with Crippen molar-refractivity contribution >= 4 is 5.91 Å². The second kappa shape index (κ2) is 9.49. The van der Waals surface area contributed by atoms with Gasteiger partial charge in [0.2, 0.25) is 0 Å². The van der Waals surface area contributed by atoms with E-state index < -0.39 is 0 Å². The van der Waals surface area contributed by atoms with Gasteiger partial charge in [0.1, 0.15) is 5.75 Å². The van der Waals surface area contributed by atoms with Gasteiger partial charge in [0.15, 0.2) is 11.8 Å². The van der Waals surface area contributed by atoms with E-state index in [0.29, 0.717) is 24.5 Å². The Bertz CT molecular complexity index is 654. The zero-order chi connectivity index (χ0) is 16.8. The van der Waals surface area contributed by atoms with E-state index in [1.807, 2.05) is 37.3 Å². The molecule has 1 saturated heterocycles. The molecule has 0 bridgehead atoms. The van der Waals surface area contributed by atoms with Crippen LogP contribution < -0.4 is 27.4 Å². The number of para-hydroxylation sites is 1. The first-order chi connectivity index (χ1) is 11.8. The van der Waals surface area contributed by atoms with E-state index in [4.69, 9.17) is 9.15 Å². The molecule has 6 heteroatoms. The highest BCUT2D eigenvalue weighted by molar-refractivity contribution is 5.96. The summed E-state index contributed by atoms with van der Waals surface area (Å²) in [4.78, 5) is 14.1. The predicted molar refractivity (Wildman–Crippen MR) is 91.3 cm³/mol. The van der Waals surface area contributed by atoms with Crippen LogP contribution in [0.2, 0.25) is 0 Å². The number of quaternary nitrogens is 1. The first-order valence-electron chi connectivity index (χ1n) is 8.67. The Kier molecular flexibility index (Phi) is 7.34. The Morgan fingerprint density at radius 1 is 1.24 bits per heavy atom. The number of benzene rings is 1. The molecule has 1 aromatic heterocycles. The van der Waals surface area contributed by atoms with Crippen LogP contribution in [0, 0.1) is 0 Å². The fraction of sp³-hybridized carbons (Fsp3) is 0.421. The maximum atomic E-state index is 12.6. The third kappa shape index (κ3) is 4.77. The molecule has 136 valence electrons. The van der Waals surface area contributed by atoms with Gasteiger partial charge in [-0.25, -0.2) is 0 Å². The molecule has 1 aromatic carbocycles. The summed E-state index contributed by atoms with van der Waals surface area (Å²) < 4.78 is 11.2. The zero-order valence-electron chi connectivity index (χ0n) is 14.5. The van der Waals surface area contributed by atoms with Crippen molar-refractivity contribution in [3.8, 4) is 5.75 Å². The summed E-state index contributed by atoms with van der Waals surface area (Å²) in [5.41, 5.74) is 0.578. The molecule has 25 heavy (non-hydrogen) atoms. The second-order valence-electron chi connectivity index (χ2n) is 6.07. The first kappa shape index (κ1) is 19.3. The summed E-state index contributed by atoms with van der Waals surface area (Å²) in [5.74, 6) is 1.46. The van der Waals surface area contributed by atoms with Crippen LogP contribution in [0.1, 0.15) is 41.9 Å². The van der Waals surface area contributed by atoms with Gasteiger partial charge in [0.25, 0.3) is 5.91 Å². The molecule has 1 aliphatic heterocycles. The number of hydrogen-bond donors (Lipinski definition) is 2. The molecular weight excluding hydrogens is 340 g/mol. The summed E-state index contributed by atoms with van der Waals surface area (Å²) in [6.45, 7) is 5.26. The van der Waals surface area contributed by atoms with E-state index in [-0.39, 0.29) is 24.4 Å². The normalized spacial score (nSPS) is 15.4. The Morgan fingerprint density at radius 2 is 2.00 bits per heavy atom. The molecule has 2 heterocycles. The third-order valence-corrected chi connectivity index (χ3v) is 4.52. The molecular formula is C19H25ClN2O3. The molecule has 1 amide bonds.